The first-order chi connectivity index (χ1) is 13.9. The zero-order valence-corrected chi connectivity index (χ0v) is 16.9. The fourth-order valence-electron chi connectivity index (χ4n) is 3.65. The summed E-state index contributed by atoms with van der Waals surface area (Å²) in [7, 11) is -3.56. The van der Waals surface area contributed by atoms with Gasteiger partial charge in [-0.1, -0.05) is 0 Å². The van der Waals surface area contributed by atoms with Crippen LogP contribution < -0.4 is 5.32 Å². The SMILES string of the molecule is CC(=O)Nc1ccc(S(=O)(=O)N2CCC(c3ccc4cccnc4n3)CC2)cc1. The molecule has 0 spiro atoms. The summed E-state index contributed by atoms with van der Waals surface area (Å²) in [5.41, 5.74) is 2.26. The number of amides is 1. The Hall–Kier alpha value is -2.84. The third-order valence-electron chi connectivity index (χ3n) is 5.17. The molecule has 7 nitrogen and oxygen atoms in total. The molecule has 1 amide bonds. The highest BCUT2D eigenvalue weighted by molar-refractivity contribution is 7.89. The molecule has 0 bridgehead atoms. The van der Waals surface area contributed by atoms with E-state index >= 15 is 0 Å². The number of aromatic nitrogens is 2. The van der Waals surface area contributed by atoms with Crippen molar-refractivity contribution in [3.05, 3.63) is 60.4 Å². The lowest BCUT2D eigenvalue weighted by Gasteiger charge is -2.31. The number of fused-ring (bicyclic) bond motifs is 1. The highest BCUT2D eigenvalue weighted by Gasteiger charge is 2.30. The number of nitrogens with one attached hydrogen (secondary N) is 1. The normalized spacial score (nSPS) is 16.0. The van der Waals surface area contributed by atoms with Crippen LogP contribution >= 0.6 is 0 Å². The van der Waals surface area contributed by atoms with Crippen molar-refractivity contribution in [2.24, 2.45) is 0 Å². The zero-order chi connectivity index (χ0) is 20.4. The maximum atomic E-state index is 13.0. The van der Waals surface area contributed by atoms with Gasteiger partial charge in [0, 0.05) is 48.9 Å². The van der Waals surface area contributed by atoms with Crippen LogP contribution in [0.3, 0.4) is 0 Å². The van der Waals surface area contributed by atoms with Crippen molar-refractivity contribution < 1.29 is 13.2 Å². The fraction of sp³-hybridized carbons (Fsp3) is 0.286. The Labute approximate surface area is 169 Å². The summed E-state index contributed by atoms with van der Waals surface area (Å²) in [6.45, 7) is 2.31. The summed E-state index contributed by atoms with van der Waals surface area (Å²) in [5, 5.41) is 3.64. The summed E-state index contributed by atoms with van der Waals surface area (Å²) < 4.78 is 27.4. The summed E-state index contributed by atoms with van der Waals surface area (Å²) >= 11 is 0. The van der Waals surface area contributed by atoms with Crippen LogP contribution in [0.5, 0.6) is 0 Å². The molecular formula is C21H22N4O3S. The molecule has 1 aliphatic rings. The third kappa shape index (κ3) is 4.13. The second kappa shape index (κ2) is 7.88. The highest BCUT2D eigenvalue weighted by Crippen LogP contribution is 2.30. The van der Waals surface area contributed by atoms with Gasteiger partial charge in [0.05, 0.1) is 4.90 Å². The first-order valence-electron chi connectivity index (χ1n) is 9.53. The monoisotopic (exact) mass is 410 g/mol. The van der Waals surface area contributed by atoms with E-state index in [1.807, 2.05) is 24.3 Å². The molecule has 3 aromatic rings. The molecule has 150 valence electrons. The molecule has 4 rings (SSSR count). The van der Waals surface area contributed by atoms with Gasteiger partial charge in [0.25, 0.3) is 0 Å². The second-order valence-electron chi connectivity index (χ2n) is 7.17. The van der Waals surface area contributed by atoms with Gasteiger partial charge < -0.3 is 5.32 Å². The molecule has 1 saturated heterocycles. The van der Waals surface area contributed by atoms with Crippen LogP contribution in [0.1, 0.15) is 31.4 Å². The molecule has 29 heavy (non-hydrogen) atoms. The lowest BCUT2D eigenvalue weighted by Crippen LogP contribution is -2.38. The van der Waals surface area contributed by atoms with Gasteiger partial charge in [-0.25, -0.2) is 18.4 Å². The Morgan fingerprint density at radius 2 is 1.79 bits per heavy atom. The lowest BCUT2D eigenvalue weighted by molar-refractivity contribution is -0.114. The molecule has 0 aliphatic carbocycles. The van der Waals surface area contributed by atoms with Gasteiger partial charge in [-0.2, -0.15) is 4.31 Å². The molecule has 1 aliphatic heterocycles. The molecule has 8 heteroatoms. The number of anilines is 1. The molecule has 0 saturated carbocycles. The molecule has 0 atom stereocenters. The van der Waals surface area contributed by atoms with E-state index in [4.69, 9.17) is 0 Å². The lowest BCUT2D eigenvalue weighted by atomic mass is 9.94. The van der Waals surface area contributed by atoms with E-state index in [0.29, 0.717) is 31.6 Å². The molecule has 0 unspecified atom stereocenters. The van der Waals surface area contributed by atoms with Crippen molar-refractivity contribution in [3.63, 3.8) is 0 Å². The molecule has 0 radical (unpaired) electrons. The Morgan fingerprint density at radius 3 is 2.48 bits per heavy atom. The van der Waals surface area contributed by atoms with Crippen molar-refractivity contribution in [2.45, 2.75) is 30.6 Å². The van der Waals surface area contributed by atoms with Crippen LogP contribution in [0.2, 0.25) is 0 Å². The Balaban J connectivity index is 1.45. The minimum absolute atomic E-state index is 0.194. The Kier molecular flexibility index (Phi) is 5.29. The van der Waals surface area contributed by atoms with Crippen LogP contribution in [-0.2, 0) is 14.8 Å². The van der Waals surface area contributed by atoms with Crippen molar-refractivity contribution in [3.8, 4) is 0 Å². The molecule has 1 aromatic carbocycles. The largest absolute Gasteiger partial charge is 0.326 e. The molecule has 1 fully saturated rings. The quantitative estimate of drug-likeness (QED) is 0.713. The number of benzene rings is 1. The standard InChI is InChI=1S/C21H22N4O3S/c1-15(26)23-18-5-7-19(8-6-18)29(27,28)25-13-10-16(11-14-25)20-9-4-17-3-2-12-22-21(17)24-20/h2-9,12,16H,10-11,13-14H2,1H3,(H,23,26). The van der Waals surface area contributed by atoms with Gasteiger partial charge in [0.1, 0.15) is 0 Å². The molecule has 1 N–H and O–H groups in total. The van der Waals surface area contributed by atoms with E-state index in [2.05, 4.69) is 15.3 Å². The minimum Gasteiger partial charge on any atom is -0.326 e. The number of rotatable bonds is 4. The number of piperidine rings is 1. The molecular weight excluding hydrogens is 388 g/mol. The van der Waals surface area contributed by atoms with E-state index in [-0.39, 0.29) is 16.7 Å². The third-order valence-corrected chi connectivity index (χ3v) is 7.08. The van der Waals surface area contributed by atoms with E-state index in [9.17, 15) is 13.2 Å². The number of carbonyl (C=O) groups is 1. The Bertz CT molecular complexity index is 1140. The number of pyridine rings is 2. The van der Waals surface area contributed by atoms with Crippen molar-refractivity contribution in [1.29, 1.82) is 0 Å². The predicted molar refractivity (Wildman–Crippen MR) is 111 cm³/mol. The maximum absolute atomic E-state index is 13.0. The van der Waals surface area contributed by atoms with Crippen LogP contribution in [0.4, 0.5) is 5.69 Å². The van der Waals surface area contributed by atoms with Gasteiger partial charge in [0.15, 0.2) is 5.65 Å². The first kappa shape index (κ1) is 19.5. The van der Waals surface area contributed by atoms with Crippen LogP contribution in [-0.4, -0.2) is 41.7 Å². The number of sulfonamides is 1. The van der Waals surface area contributed by atoms with E-state index < -0.39 is 10.0 Å². The van der Waals surface area contributed by atoms with Gasteiger partial charge in [-0.05, 0) is 61.4 Å². The Morgan fingerprint density at radius 1 is 1.07 bits per heavy atom. The topological polar surface area (TPSA) is 92.3 Å². The van der Waals surface area contributed by atoms with Crippen LogP contribution in [0, 0.1) is 0 Å². The number of carbonyl (C=O) groups excluding carboxylic acids is 1. The van der Waals surface area contributed by atoms with E-state index in [0.717, 1.165) is 16.7 Å². The molecule has 3 heterocycles. The summed E-state index contributed by atoms with van der Waals surface area (Å²) in [4.78, 5) is 20.3. The second-order valence-corrected chi connectivity index (χ2v) is 9.11. The van der Waals surface area contributed by atoms with Crippen molar-refractivity contribution >= 4 is 32.7 Å². The number of hydrogen-bond acceptors (Lipinski definition) is 5. The zero-order valence-electron chi connectivity index (χ0n) is 16.1. The summed E-state index contributed by atoms with van der Waals surface area (Å²) in [6, 6.07) is 14.2. The first-order valence-corrected chi connectivity index (χ1v) is 11.0. The van der Waals surface area contributed by atoms with Gasteiger partial charge in [0.2, 0.25) is 15.9 Å². The average molecular weight is 410 g/mol. The average Bonchev–Trinajstić information content (AvgIpc) is 2.73. The van der Waals surface area contributed by atoms with E-state index in [1.54, 1.807) is 18.3 Å². The van der Waals surface area contributed by atoms with E-state index in [1.165, 1.54) is 23.4 Å². The maximum Gasteiger partial charge on any atom is 0.243 e. The smallest absolute Gasteiger partial charge is 0.243 e. The predicted octanol–water partition coefficient (Wildman–Crippen LogP) is 3.16. The van der Waals surface area contributed by atoms with Crippen molar-refractivity contribution in [2.75, 3.05) is 18.4 Å². The number of nitrogens with zero attached hydrogens (tertiary/aromatic N) is 3. The van der Waals surface area contributed by atoms with Crippen molar-refractivity contribution in [1.82, 2.24) is 14.3 Å². The van der Waals surface area contributed by atoms with Gasteiger partial charge in [-0.15, -0.1) is 0 Å². The number of hydrogen-bond donors (Lipinski definition) is 1. The van der Waals surface area contributed by atoms with Crippen LogP contribution in [0.15, 0.2) is 59.6 Å². The van der Waals surface area contributed by atoms with Gasteiger partial charge >= 0.3 is 0 Å². The fourth-order valence-corrected chi connectivity index (χ4v) is 5.12. The summed E-state index contributed by atoms with van der Waals surface area (Å²) in [6.07, 6.45) is 3.16. The van der Waals surface area contributed by atoms with Crippen LogP contribution in [0.25, 0.3) is 11.0 Å². The molecule has 2 aromatic heterocycles. The summed E-state index contributed by atoms with van der Waals surface area (Å²) in [5.74, 6) is 0.0233. The van der Waals surface area contributed by atoms with Gasteiger partial charge in [-0.3, -0.25) is 4.79 Å². The highest BCUT2D eigenvalue weighted by atomic mass is 32.2. The minimum atomic E-state index is -3.56.